The first-order valence-electron chi connectivity index (χ1n) is 21.2. The molecule has 0 aliphatic carbocycles. The number of alkyl carbamates (subject to hydrolysis) is 1. The second kappa shape index (κ2) is 21.1. The fourth-order valence-corrected chi connectivity index (χ4v) is 8.82. The molecule has 15 atom stereocenters. The Hall–Kier alpha value is -2.15. The second-order valence-electron chi connectivity index (χ2n) is 19.1. The van der Waals surface area contributed by atoms with E-state index in [0.717, 1.165) is 0 Å². The van der Waals surface area contributed by atoms with Gasteiger partial charge < -0.3 is 64.2 Å². The number of nitrogens with one attached hydrogen (secondary N) is 2. The van der Waals surface area contributed by atoms with Gasteiger partial charge in [0.25, 0.3) is 0 Å². The molecule has 0 saturated carbocycles. The Labute approximate surface area is 347 Å². The maximum Gasteiger partial charge on any atom is 0.407 e. The lowest BCUT2D eigenvalue weighted by Gasteiger charge is -2.49. The number of aliphatic hydroxyl groups excluding tert-OH is 2. The quantitative estimate of drug-likeness (QED) is 0.191. The van der Waals surface area contributed by atoms with Crippen LogP contribution in [0.2, 0.25) is 0 Å². The van der Waals surface area contributed by atoms with E-state index >= 15 is 0 Å². The van der Waals surface area contributed by atoms with Gasteiger partial charge in [0.05, 0.1) is 41.5 Å². The lowest BCUT2D eigenvalue weighted by atomic mass is 9.77. The van der Waals surface area contributed by atoms with Gasteiger partial charge in [0.2, 0.25) is 11.8 Å². The first-order chi connectivity index (χ1) is 26.8. The van der Waals surface area contributed by atoms with Gasteiger partial charge >= 0.3 is 6.09 Å². The third-order valence-corrected chi connectivity index (χ3v) is 12.0. The van der Waals surface area contributed by atoms with Gasteiger partial charge in [-0.2, -0.15) is 0 Å². The number of rotatable bonds is 11. The number of ether oxygens (including phenoxy) is 6. The van der Waals surface area contributed by atoms with Crippen molar-refractivity contribution in [2.75, 3.05) is 41.3 Å². The molecule has 58 heavy (non-hydrogen) atoms. The molecule has 5 N–H and O–H groups in total. The Morgan fingerprint density at radius 3 is 2.29 bits per heavy atom. The summed E-state index contributed by atoms with van der Waals surface area (Å²) in [6.45, 7) is 18.7. The van der Waals surface area contributed by atoms with Crippen LogP contribution in [0, 0.1) is 17.8 Å². The van der Waals surface area contributed by atoms with Crippen LogP contribution < -0.4 is 10.6 Å². The van der Waals surface area contributed by atoms with E-state index in [1.807, 2.05) is 39.8 Å². The Balaban J connectivity index is 2.01. The summed E-state index contributed by atoms with van der Waals surface area (Å²) in [5.74, 6) is -2.29. The van der Waals surface area contributed by atoms with E-state index in [4.69, 9.17) is 28.4 Å². The molecule has 16 nitrogen and oxygen atoms in total. The average molecular weight is 831 g/mol. The summed E-state index contributed by atoms with van der Waals surface area (Å²) in [7, 11) is 7.01. The highest BCUT2D eigenvalue weighted by molar-refractivity contribution is 5.81. The third-order valence-electron chi connectivity index (χ3n) is 12.0. The van der Waals surface area contributed by atoms with Gasteiger partial charge in [0.1, 0.15) is 17.8 Å². The number of carbonyl (C=O) groups excluding carboxylic acids is 3. The molecule has 3 saturated heterocycles. The van der Waals surface area contributed by atoms with Crippen molar-refractivity contribution in [1.82, 2.24) is 20.4 Å². The minimum absolute atomic E-state index is 0.0554. The van der Waals surface area contributed by atoms with E-state index in [-0.39, 0.29) is 49.1 Å². The maximum absolute atomic E-state index is 14.4. The Kier molecular flexibility index (Phi) is 18.3. The van der Waals surface area contributed by atoms with Crippen LogP contribution in [-0.2, 0) is 38.0 Å². The number of hydrogen-bond donors (Lipinski definition) is 5. The van der Waals surface area contributed by atoms with Crippen molar-refractivity contribution in [3.05, 3.63) is 0 Å². The van der Waals surface area contributed by atoms with Gasteiger partial charge in [-0.25, -0.2) is 4.79 Å². The van der Waals surface area contributed by atoms with Crippen LogP contribution in [0.4, 0.5) is 4.79 Å². The lowest BCUT2D eigenvalue weighted by Crippen LogP contribution is -2.61. The highest BCUT2D eigenvalue weighted by atomic mass is 16.7. The highest BCUT2D eigenvalue weighted by Gasteiger charge is 2.51. The predicted molar refractivity (Wildman–Crippen MR) is 218 cm³/mol. The van der Waals surface area contributed by atoms with Crippen LogP contribution in [0.1, 0.15) is 114 Å². The van der Waals surface area contributed by atoms with Gasteiger partial charge in [-0.1, -0.05) is 20.8 Å². The van der Waals surface area contributed by atoms with E-state index in [0.29, 0.717) is 38.8 Å². The number of carbonyl (C=O) groups is 3. The smallest absolute Gasteiger partial charge is 0.407 e. The zero-order valence-electron chi connectivity index (χ0n) is 37.8. The number of nitrogens with zero attached hydrogens (tertiary/aromatic N) is 2. The number of hydrogen-bond acceptors (Lipinski definition) is 13. The zero-order valence-corrected chi connectivity index (χ0v) is 37.8. The van der Waals surface area contributed by atoms with Crippen molar-refractivity contribution in [3.63, 3.8) is 0 Å². The van der Waals surface area contributed by atoms with E-state index in [1.54, 1.807) is 60.4 Å². The molecule has 0 unspecified atom stereocenters. The normalized spacial score (nSPS) is 40.2. The van der Waals surface area contributed by atoms with Crippen molar-refractivity contribution in [2.45, 2.75) is 192 Å². The monoisotopic (exact) mass is 831 g/mol. The van der Waals surface area contributed by atoms with Gasteiger partial charge in [0, 0.05) is 58.1 Å². The minimum Gasteiger partial charge on any atom is -0.444 e. The molecule has 338 valence electrons. The van der Waals surface area contributed by atoms with Gasteiger partial charge in [-0.15, -0.1) is 0 Å². The average Bonchev–Trinajstić information content (AvgIpc) is 3.10. The van der Waals surface area contributed by atoms with E-state index in [2.05, 4.69) is 10.6 Å². The summed E-state index contributed by atoms with van der Waals surface area (Å²) in [6, 6.07) is -0.799. The molecular weight excluding hydrogens is 752 g/mol. The number of likely N-dealkylation sites (N-methyl/N-ethyl adjacent to an activating group) is 1. The van der Waals surface area contributed by atoms with Crippen molar-refractivity contribution in [1.29, 1.82) is 0 Å². The Morgan fingerprint density at radius 2 is 1.69 bits per heavy atom. The van der Waals surface area contributed by atoms with Crippen LogP contribution in [-0.4, -0.2) is 162 Å². The van der Waals surface area contributed by atoms with Crippen LogP contribution in [0.15, 0.2) is 0 Å². The topological polar surface area (TPSA) is 198 Å². The van der Waals surface area contributed by atoms with Gasteiger partial charge in [-0.3, -0.25) is 9.59 Å². The fraction of sp³-hybridized carbons (Fsp3) is 0.929. The summed E-state index contributed by atoms with van der Waals surface area (Å²) >= 11 is 0. The van der Waals surface area contributed by atoms with Crippen molar-refractivity contribution in [2.24, 2.45) is 17.8 Å². The first kappa shape index (κ1) is 50.2. The van der Waals surface area contributed by atoms with Crippen LogP contribution in [0.5, 0.6) is 0 Å². The van der Waals surface area contributed by atoms with Gasteiger partial charge in [-0.05, 0) is 101 Å². The maximum atomic E-state index is 14.4. The zero-order chi connectivity index (χ0) is 43.9. The Bertz CT molecular complexity index is 1330. The molecule has 3 fully saturated rings. The third kappa shape index (κ3) is 13.9. The SMILES string of the molecule is CO[C@]1(C)C[C@H](O[C@H]2[C@H](C)[C@@H](O[C@@H]3O[C@H](C)C[C@H](N(C)C)[C@H]3O)[C@](C)(O)C[C@@H](C)CN(C)C(=O)C[C@H](CCCCNC(=O)OC(C)(C)C)NC(=O)[C@@H]2C)O[C@@H](C)[C@@H]1O. The number of methoxy groups -OCH3 is 1. The number of aliphatic hydroxyl groups is 3. The molecule has 0 aromatic heterocycles. The molecule has 3 amide bonds. The lowest BCUT2D eigenvalue weighted by molar-refractivity contribution is -0.317. The number of unbranched alkanes of at least 4 members (excludes halogenated alkanes) is 1. The predicted octanol–water partition coefficient (Wildman–Crippen LogP) is 3.18. The highest BCUT2D eigenvalue weighted by Crippen LogP contribution is 2.39. The molecule has 3 aliphatic heterocycles. The van der Waals surface area contributed by atoms with Crippen molar-refractivity contribution in [3.8, 4) is 0 Å². The molecule has 3 heterocycles. The standard InChI is InChI=1S/C42H78N4O12/c1-24-21-41(9,52)36(57-38-33(48)30(45(11)12)19-25(2)54-38)26(3)34(56-32-22-42(10,53-14)35(49)28(5)55-32)27(4)37(50)44-29(20-31(47)46(13)23-24)17-15-16-18-43-39(51)58-40(6,7)8/h24-30,32-36,38,48-49,52H,15-23H2,1-14H3,(H,43,51)(H,44,50)/t24-,25-,26+,27-,28+,29+,30+,32+,33-,34+,35+,36-,38+,41-,42-/m1/s1. The summed E-state index contributed by atoms with van der Waals surface area (Å²) < 4.78 is 37.0. The minimum atomic E-state index is -1.56. The summed E-state index contributed by atoms with van der Waals surface area (Å²) in [6.07, 6.45) is -4.73. The van der Waals surface area contributed by atoms with Crippen molar-refractivity contribution >= 4 is 17.9 Å². The summed E-state index contributed by atoms with van der Waals surface area (Å²) in [4.78, 5) is 43.9. The molecule has 0 radical (unpaired) electrons. The summed E-state index contributed by atoms with van der Waals surface area (Å²) in [5.41, 5.74) is -3.19. The van der Waals surface area contributed by atoms with E-state index in [9.17, 15) is 29.7 Å². The number of amides is 3. The Morgan fingerprint density at radius 1 is 1.03 bits per heavy atom. The molecule has 0 aromatic carbocycles. The molecule has 0 bridgehead atoms. The largest absolute Gasteiger partial charge is 0.444 e. The molecule has 3 aliphatic rings. The van der Waals surface area contributed by atoms with Crippen molar-refractivity contribution < 1.29 is 58.1 Å². The molecular formula is C42H78N4O12. The molecule has 0 aromatic rings. The van der Waals surface area contributed by atoms with Gasteiger partial charge in [0.15, 0.2) is 12.6 Å². The molecule has 16 heteroatoms. The summed E-state index contributed by atoms with van der Waals surface area (Å²) in [5, 5.41) is 40.9. The van der Waals surface area contributed by atoms with Crippen LogP contribution >= 0.6 is 0 Å². The first-order valence-corrected chi connectivity index (χ1v) is 21.2. The fourth-order valence-electron chi connectivity index (χ4n) is 8.82. The van der Waals surface area contributed by atoms with E-state index < -0.39 is 83.9 Å². The van der Waals surface area contributed by atoms with Crippen LogP contribution in [0.25, 0.3) is 0 Å². The van der Waals surface area contributed by atoms with E-state index in [1.165, 1.54) is 7.11 Å². The second-order valence-corrected chi connectivity index (χ2v) is 19.1. The molecule has 0 spiro atoms. The van der Waals surface area contributed by atoms with Crippen LogP contribution in [0.3, 0.4) is 0 Å². The molecule has 3 rings (SSSR count).